The highest BCUT2D eigenvalue weighted by Gasteiger charge is 2.20. The number of halogens is 1. The van der Waals surface area contributed by atoms with Crippen molar-refractivity contribution >= 4 is 27.5 Å². The van der Waals surface area contributed by atoms with Gasteiger partial charge in [-0.25, -0.2) is 13.1 Å². The summed E-state index contributed by atoms with van der Waals surface area (Å²) in [6, 6.07) is 5.94. The van der Waals surface area contributed by atoms with Crippen molar-refractivity contribution in [3.05, 3.63) is 53.1 Å². The van der Waals surface area contributed by atoms with E-state index in [2.05, 4.69) is 6.58 Å². The van der Waals surface area contributed by atoms with Gasteiger partial charge in [-0.05, 0) is 32.4 Å². The standard InChI is InChI=1S/C14H16ClNO3S/c1-10(2)8-9-11(3)14(17)16-20(18,19)13-7-5-4-6-12(13)15/h4-7,9H,1,8H2,2-3H3,(H,16,17)/b11-9+. The fourth-order valence-corrected chi connectivity index (χ4v) is 2.88. The summed E-state index contributed by atoms with van der Waals surface area (Å²) in [5, 5.41) is 0.0661. The number of hydrogen-bond donors (Lipinski definition) is 1. The van der Waals surface area contributed by atoms with Crippen molar-refractivity contribution in [1.29, 1.82) is 0 Å². The fourth-order valence-electron chi connectivity index (χ4n) is 1.34. The van der Waals surface area contributed by atoms with Gasteiger partial charge in [0.1, 0.15) is 4.90 Å². The number of sulfonamides is 1. The molecule has 0 radical (unpaired) electrons. The zero-order chi connectivity index (χ0) is 15.3. The highest BCUT2D eigenvalue weighted by atomic mass is 35.5. The van der Waals surface area contributed by atoms with Gasteiger partial charge < -0.3 is 0 Å². The molecular weight excluding hydrogens is 298 g/mol. The summed E-state index contributed by atoms with van der Waals surface area (Å²) in [4.78, 5) is 11.7. The van der Waals surface area contributed by atoms with Crippen LogP contribution in [0.1, 0.15) is 20.3 Å². The average molecular weight is 314 g/mol. The van der Waals surface area contributed by atoms with Crippen LogP contribution < -0.4 is 4.72 Å². The summed E-state index contributed by atoms with van der Waals surface area (Å²) in [7, 11) is -3.97. The molecule has 0 unspecified atom stereocenters. The minimum absolute atomic E-state index is 0.0661. The molecule has 0 saturated carbocycles. The molecule has 0 heterocycles. The summed E-state index contributed by atoms with van der Waals surface area (Å²) in [5.41, 5.74) is 1.19. The van der Waals surface area contributed by atoms with Gasteiger partial charge in [0.15, 0.2) is 0 Å². The summed E-state index contributed by atoms with van der Waals surface area (Å²) < 4.78 is 26.1. The first kappa shape index (κ1) is 16.5. The monoisotopic (exact) mass is 313 g/mol. The van der Waals surface area contributed by atoms with E-state index in [9.17, 15) is 13.2 Å². The molecule has 1 rings (SSSR count). The molecule has 1 aromatic rings. The molecular formula is C14H16ClNO3S. The molecule has 0 spiro atoms. The minimum Gasteiger partial charge on any atom is -0.269 e. The number of amides is 1. The van der Waals surface area contributed by atoms with E-state index >= 15 is 0 Å². The van der Waals surface area contributed by atoms with E-state index in [1.165, 1.54) is 18.2 Å². The van der Waals surface area contributed by atoms with E-state index < -0.39 is 15.9 Å². The molecule has 1 aromatic carbocycles. The normalized spacial score (nSPS) is 12.1. The number of allylic oxidation sites excluding steroid dienone is 2. The van der Waals surface area contributed by atoms with Crippen LogP contribution in [0.2, 0.25) is 5.02 Å². The number of carbonyl (C=O) groups excluding carboxylic acids is 1. The summed E-state index contributed by atoms with van der Waals surface area (Å²) >= 11 is 5.82. The maximum absolute atomic E-state index is 12.0. The lowest BCUT2D eigenvalue weighted by molar-refractivity contribution is -0.115. The first-order valence-corrected chi connectivity index (χ1v) is 7.73. The molecule has 0 aromatic heterocycles. The summed E-state index contributed by atoms with van der Waals surface area (Å²) in [6.45, 7) is 7.07. The Morgan fingerprint density at radius 1 is 1.35 bits per heavy atom. The summed E-state index contributed by atoms with van der Waals surface area (Å²) in [6.07, 6.45) is 2.14. The van der Waals surface area contributed by atoms with E-state index in [1.54, 1.807) is 19.1 Å². The molecule has 0 aliphatic heterocycles. The van der Waals surface area contributed by atoms with Gasteiger partial charge in [-0.3, -0.25) is 4.79 Å². The lowest BCUT2D eigenvalue weighted by Gasteiger charge is -2.08. The third-order valence-corrected chi connectivity index (χ3v) is 4.30. The van der Waals surface area contributed by atoms with Crippen LogP contribution in [0.15, 0.2) is 53.0 Å². The van der Waals surface area contributed by atoms with Crippen LogP contribution in [-0.2, 0) is 14.8 Å². The highest BCUT2D eigenvalue weighted by molar-refractivity contribution is 7.90. The second-order valence-corrected chi connectivity index (χ2v) is 6.47. The third-order valence-electron chi connectivity index (χ3n) is 2.47. The number of benzene rings is 1. The predicted octanol–water partition coefficient (Wildman–Crippen LogP) is 3.06. The molecule has 0 aliphatic carbocycles. The van der Waals surface area contributed by atoms with Crippen LogP contribution in [-0.4, -0.2) is 14.3 Å². The van der Waals surface area contributed by atoms with Gasteiger partial charge in [-0.15, -0.1) is 0 Å². The topological polar surface area (TPSA) is 63.2 Å². The average Bonchev–Trinajstić information content (AvgIpc) is 2.35. The van der Waals surface area contributed by atoms with Crippen LogP contribution in [0.3, 0.4) is 0 Å². The maximum atomic E-state index is 12.0. The Morgan fingerprint density at radius 2 is 1.95 bits per heavy atom. The molecule has 0 saturated heterocycles. The van der Waals surface area contributed by atoms with Crippen LogP contribution in [0.4, 0.5) is 0 Å². The predicted molar refractivity (Wildman–Crippen MR) is 80.0 cm³/mol. The Bertz CT molecular complexity index is 663. The first-order valence-electron chi connectivity index (χ1n) is 5.87. The van der Waals surface area contributed by atoms with E-state index in [0.29, 0.717) is 12.0 Å². The van der Waals surface area contributed by atoms with Gasteiger partial charge in [0.05, 0.1) is 5.02 Å². The number of rotatable bonds is 5. The Balaban J connectivity index is 2.92. The van der Waals surface area contributed by atoms with Crippen LogP contribution in [0.25, 0.3) is 0 Å². The van der Waals surface area contributed by atoms with E-state index in [-0.39, 0.29) is 9.92 Å². The van der Waals surface area contributed by atoms with Gasteiger partial charge in [-0.2, -0.15) is 0 Å². The molecule has 0 bridgehead atoms. The third kappa shape index (κ3) is 4.51. The number of nitrogens with one attached hydrogen (secondary N) is 1. The van der Waals surface area contributed by atoms with Crippen molar-refractivity contribution in [1.82, 2.24) is 4.72 Å². The zero-order valence-electron chi connectivity index (χ0n) is 11.3. The van der Waals surface area contributed by atoms with Gasteiger partial charge in [0.2, 0.25) is 0 Å². The molecule has 1 amide bonds. The number of carbonyl (C=O) groups is 1. The Kier molecular flexibility index (Phi) is 5.53. The highest BCUT2D eigenvalue weighted by Crippen LogP contribution is 2.20. The molecule has 108 valence electrons. The van der Waals surface area contributed by atoms with Crippen molar-refractivity contribution in [3.63, 3.8) is 0 Å². The Labute approximate surface area is 124 Å². The largest absolute Gasteiger partial charge is 0.269 e. The molecule has 0 fully saturated rings. The second-order valence-electron chi connectivity index (χ2n) is 4.41. The maximum Gasteiger partial charge on any atom is 0.265 e. The minimum atomic E-state index is -3.97. The molecule has 20 heavy (non-hydrogen) atoms. The Morgan fingerprint density at radius 3 is 2.50 bits per heavy atom. The lowest BCUT2D eigenvalue weighted by atomic mass is 10.2. The van der Waals surface area contributed by atoms with Crippen molar-refractivity contribution < 1.29 is 13.2 Å². The quantitative estimate of drug-likeness (QED) is 0.671. The van der Waals surface area contributed by atoms with Crippen molar-refractivity contribution in [2.24, 2.45) is 0 Å². The van der Waals surface area contributed by atoms with Crippen LogP contribution in [0.5, 0.6) is 0 Å². The smallest absolute Gasteiger partial charge is 0.265 e. The van der Waals surface area contributed by atoms with Crippen LogP contribution >= 0.6 is 11.6 Å². The van der Waals surface area contributed by atoms with Gasteiger partial charge in [-0.1, -0.05) is 42.0 Å². The van der Waals surface area contributed by atoms with Crippen LogP contribution in [0, 0.1) is 0 Å². The molecule has 1 N–H and O–H groups in total. The summed E-state index contributed by atoms with van der Waals surface area (Å²) in [5.74, 6) is -0.675. The molecule has 0 atom stereocenters. The van der Waals surface area contributed by atoms with Crippen molar-refractivity contribution in [2.75, 3.05) is 0 Å². The second kappa shape index (κ2) is 6.72. The van der Waals surface area contributed by atoms with E-state index in [1.807, 2.05) is 11.6 Å². The lowest BCUT2D eigenvalue weighted by Crippen LogP contribution is -2.31. The SMILES string of the molecule is C=C(C)C/C=C(\C)C(=O)NS(=O)(=O)c1ccccc1Cl. The Hall–Kier alpha value is -1.59. The van der Waals surface area contributed by atoms with Crippen molar-refractivity contribution in [3.8, 4) is 0 Å². The van der Waals surface area contributed by atoms with E-state index in [4.69, 9.17) is 11.6 Å². The van der Waals surface area contributed by atoms with Gasteiger partial charge in [0.25, 0.3) is 15.9 Å². The van der Waals surface area contributed by atoms with E-state index in [0.717, 1.165) is 5.57 Å². The van der Waals surface area contributed by atoms with Gasteiger partial charge in [0, 0.05) is 5.57 Å². The molecule has 4 nitrogen and oxygen atoms in total. The molecule has 0 aliphatic rings. The van der Waals surface area contributed by atoms with Crippen molar-refractivity contribution in [2.45, 2.75) is 25.2 Å². The van der Waals surface area contributed by atoms with Gasteiger partial charge >= 0.3 is 0 Å². The zero-order valence-corrected chi connectivity index (χ0v) is 12.9. The first-order chi connectivity index (χ1) is 9.24. The number of hydrogen-bond acceptors (Lipinski definition) is 3. The molecule has 6 heteroatoms. The fraction of sp³-hybridized carbons (Fsp3) is 0.214.